The Morgan fingerprint density at radius 2 is 2.10 bits per heavy atom. The van der Waals surface area contributed by atoms with Crippen molar-refractivity contribution in [2.24, 2.45) is 7.05 Å². The first kappa shape index (κ1) is 21.0. The van der Waals surface area contributed by atoms with Crippen molar-refractivity contribution in [2.75, 3.05) is 13.1 Å². The molecule has 1 aliphatic rings. The SMILES string of the molecule is Cn1nc(CCNC(=O)c2ccccn2)c2c1CCN(C(=O)c1ccc(F)c(Cl)c1)C2. The summed E-state index contributed by atoms with van der Waals surface area (Å²) in [5.74, 6) is -0.998. The summed E-state index contributed by atoms with van der Waals surface area (Å²) in [7, 11) is 1.88. The van der Waals surface area contributed by atoms with Crippen LogP contribution in [0.4, 0.5) is 4.39 Å². The number of aromatic nitrogens is 3. The number of nitrogens with zero attached hydrogens (tertiary/aromatic N) is 4. The Bertz CT molecular complexity index is 1130. The standard InChI is InChI=1S/C22H21ClFN5O2/c1-28-20-8-11-29(22(31)14-5-6-17(24)16(23)12-14)13-15(20)18(27-28)7-10-26-21(30)19-4-2-3-9-25-19/h2-6,9,12H,7-8,10-11,13H2,1H3,(H,26,30). The van der Waals surface area contributed by atoms with E-state index in [0.717, 1.165) is 17.0 Å². The third-order valence-corrected chi connectivity index (χ3v) is 5.61. The highest BCUT2D eigenvalue weighted by atomic mass is 35.5. The summed E-state index contributed by atoms with van der Waals surface area (Å²) < 4.78 is 15.3. The molecule has 0 radical (unpaired) electrons. The third kappa shape index (κ3) is 4.44. The summed E-state index contributed by atoms with van der Waals surface area (Å²) in [6.45, 7) is 1.34. The molecule has 0 saturated heterocycles. The van der Waals surface area contributed by atoms with Gasteiger partial charge in [0.15, 0.2) is 0 Å². The zero-order valence-electron chi connectivity index (χ0n) is 16.9. The molecule has 2 aromatic heterocycles. The predicted octanol–water partition coefficient (Wildman–Crippen LogP) is 2.78. The summed E-state index contributed by atoms with van der Waals surface area (Å²) >= 11 is 5.84. The van der Waals surface area contributed by atoms with Gasteiger partial charge in [0.25, 0.3) is 11.8 Å². The van der Waals surface area contributed by atoms with E-state index < -0.39 is 5.82 Å². The van der Waals surface area contributed by atoms with Crippen LogP contribution in [-0.4, -0.2) is 44.6 Å². The monoisotopic (exact) mass is 441 g/mol. The molecule has 0 bridgehead atoms. The minimum atomic E-state index is -0.554. The van der Waals surface area contributed by atoms with Gasteiger partial charge in [0.1, 0.15) is 11.5 Å². The van der Waals surface area contributed by atoms with Crippen LogP contribution in [0.2, 0.25) is 5.02 Å². The molecule has 1 aliphatic heterocycles. The Balaban J connectivity index is 1.44. The van der Waals surface area contributed by atoms with E-state index in [1.54, 1.807) is 29.3 Å². The summed E-state index contributed by atoms with van der Waals surface area (Å²) in [5.41, 5.74) is 3.62. The van der Waals surface area contributed by atoms with Crippen molar-refractivity contribution in [1.82, 2.24) is 25.0 Å². The van der Waals surface area contributed by atoms with Crippen molar-refractivity contribution in [1.29, 1.82) is 0 Å². The molecule has 7 nitrogen and oxygen atoms in total. The lowest BCUT2D eigenvalue weighted by Gasteiger charge is -2.28. The highest BCUT2D eigenvalue weighted by Crippen LogP contribution is 2.25. The molecule has 0 saturated carbocycles. The quantitative estimate of drug-likeness (QED) is 0.660. The van der Waals surface area contributed by atoms with Crippen LogP contribution in [0.5, 0.6) is 0 Å². The second-order valence-corrected chi connectivity index (χ2v) is 7.73. The van der Waals surface area contributed by atoms with Gasteiger partial charge < -0.3 is 10.2 Å². The van der Waals surface area contributed by atoms with Gasteiger partial charge in [-0.2, -0.15) is 5.10 Å². The van der Waals surface area contributed by atoms with Gasteiger partial charge in [0.05, 0.1) is 10.7 Å². The smallest absolute Gasteiger partial charge is 0.269 e. The molecule has 0 fully saturated rings. The molecule has 9 heteroatoms. The summed E-state index contributed by atoms with van der Waals surface area (Å²) in [6, 6.07) is 9.16. The zero-order valence-corrected chi connectivity index (χ0v) is 17.7. The first-order valence-corrected chi connectivity index (χ1v) is 10.3. The first-order valence-electron chi connectivity index (χ1n) is 9.91. The molecule has 1 aromatic carbocycles. The molecule has 1 N–H and O–H groups in total. The van der Waals surface area contributed by atoms with Gasteiger partial charge in [0, 0.05) is 62.5 Å². The highest BCUT2D eigenvalue weighted by molar-refractivity contribution is 6.31. The lowest BCUT2D eigenvalue weighted by atomic mass is 10.0. The molecule has 3 heterocycles. The largest absolute Gasteiger partial charge is 0.350 e. The van der Waals surface area contributed by atoms with Crippen LogP contribution in [0.15, 0.2) is 42.6 Å². The van der Waals surface area contributed by atoms with E-state index in [1.807, 2.05) is 11.7 Å². The van der Waals surface area contributed by atoms with E-state index in [1.165, 1.54) is 18.2 Å². The molecular formula is C22H21ClFN5O2. The molecule has 3 aromatic rings. The Labute approximate surface area is 183 Å². The molecule has 0 atom stereocenters. The summed E-state index contributed by atoms with van der Waals surface area (Å²) in [5, 5.41) is 7.37. The van der Waals surface area contributed by atoms with E-state index in [4.69, 9.17) is 11.6 Å². The maximum absolute atomic E-state index is 13.4. The van der Waals surface area contributed by atoms with Crippen LogP contribution in [0, 0.1) is 5.82 Å². The molecule has 0 unspecified atom stereocenters. The molecule has 0 spiro atoms. The number of benzene rings is 1. The molecule has 160 valence electrons. The van der Waals surface area contributed by atoms with Crippen LogP contribution < -0.4 is 5.32 Å². The number of rotatable bonds is 5. The third-order valence-electron chi connectivity index (χ3n) is 5.32. The Hall–Kier alpha value is -3.26. The number of carbonyl (C=O) groups excluding carboxylic acids is 2. The van der Waals surface area contributed by atoms with Crippen molar-refractivity contribution in [3.8, 4) is 0 Å². The second-order valence-electron chi connectivity index (χ2n) is 7.32. The van der Waals surface area contributed by atoms with E-state index in [2.05, 4.69) is 15.4 Å². The van der Waals surface area contributed by atoms with Gasteiger partial charge in [-0.15, -0.1) is 0 Å². The number of amides is 2. The van der Waals surface area contributed by atoms with Crippen molar-refractivity contribution >= 4 is 23.4 Å². The number of hydrogen-bond donors (Lipinski definition) is 1. The number of pyridine rings is 1. The topological polar surface area (TPSA) is 80.1 Å². The van der Waals surface area contributed by atoms with Crippen LogP contribution in [0.1, 0.15) is 37.8 Å². The Kier molecular flexibility index (Phi) is 5.99. The van der Waals surface area contributed by atoms with Crippen LogP contribution in [-0.2, 0) is 26.4 Å². The molecule has 2 amide bonds. The lowest BCUT2D eigenvalue weighted by molar-refractivity contribution is 0.0733. The van der Waals surface area contributed by atoms with Crippen molar-refractivity contribution in [2.45, 2.75) is 19.4 Å². The second kappa shape index (κ2) is 8.85. The molecular weight excluding hydrogens is 421 g/mol. The van der Waals surface area contributed by atoms with Crippen LogP contribution in [0.25, 0.3) is 0 Å². The van der Waals surface area contributed by atoms with Gasteiger partial charge in [-0.1, -0.05) is 17.7 Å². The highest BCUT2D eigenvalue weighted by Gasteiger charge is 2.27. The van der Waals surface area contributed by atoms with Crippen LogP contribution >= 0.6 is 11.6 Å². The van der Waals surface area contributed by atoms with Crippen molar-refractivity contribution in [3.05, 3.63) is 81.6 Å². The van der Waals surface area contributed by atoms with Crippen LogP contribution in [0.3, 0.4) is 0 Å². The number of fused-ring (bicyclic) bond motifs is 1. The number of carbonyl (C=O) groups is 2. The normalized spacial score (nSPS) is 13.1. The average Bonchev–Trinajstić information content (AvgIpc) is 3.10. The fourth-order valence-corrected chi connectivity index (χ4v) is 3.92. The lowest BCUT2D eigenvalue weighted by Crippen LogP contribution is -2.36. The fraction of sp³-hybridized carbons (Fsp3) is 0.273. The number of nitrogens with one attached hydrogen (secondary N) is 1. The van der Waals surface area contributed by atoms with Gasteiger partial charge >= 0.3 is 0 Å². The maximum atomic E-state index is 13.4. The number of hydrogen-bond acceptors (Lipinski definition) is 4. The minimum Gasteiger partial charge on any atom is -0.350 e. The van der Waals surface area contributed by atoms with Gasteiger partial charge in [-0.25, -0.2) is 4.39 Å². The van der Waals surface area contributed by atoms with Crippen molar-refractivity contribution < 1.29 is 14.0 Å². The van der Waals surface area contributed by atoms with Gasteiger partial charge in [-0.3, -0.25) is 19.3 Å². The predicted molar refractivity (Wildman–Crippen MR) is 113 cm³/mol. The molecule has 31 heavy (non-hydrogen) atoms. The van der Waals surface area contributed by atoms with Crippen molar-refractivity contribution in [3.63, 3.8) is 0 Å². The van der Waals surface area contributed by atoms with E-state index in [0.29, 0.717) is 43.7 Å². The maximum Gasteiger partial charge on any atom is 0.269 e. The molecule has 0 aliphatic carbocycles. The van der Waals surface area contributed by atoms with Gasteiger partial charge in [0.2, 0.25) is 0 Å². The first-order chi connectivity index (χ1) is 14.9. The number of halogens is 2. The average molecular weight is 442 g/mol. The van der Waals surface area contributed by atoms with E-state index >= 15 is 0 Å². The Morgan fingerprint density at radius 1 is 1.26 bits per heavy atom. The molecule has 4 rings (SSSR count). The van der Waals surface area contributed by atoms with E-state index in [-0.39, 0.29) is 16.8 Å². The summed E-state index contributed by atoms with van der Waals surface area (Å²) in [4.78, 5) is 30.8. The Morgan fingerprint density at radius 3 is 2.84 bits per heavy atom. The van der Waals surface area contributed by atoms with E-state index in [9.17, 15) is 14.0 Å². The fourth-order valence-electron chi connectivity index (χ4n) is 3.74. The zero-order chi connectivity index (χ0) is 22.0. The number of aryl methyl sites for hydroxylation is 1. The summed E-state index contributed by atoms with van der Waals surface area (Å²) in [6.07, 6.45) is 2.77. The van der Waals surface area contributed by atoms with Gasteiger partial charge in [-0.05, 0) is 30.3 Å². The minimum absolute atomic E-state index is 0.0748.